The van der Waals surface area contributed by atoms with Crippen LogP contribution < -0.4 is 4.74 Å². The van der Waals surface area contributed by atoms with Gasteiger partial charge >= 0.3 is 5.97 Å². The molecule has 1 heterocycles. The van der Waals surface area contributed by atoms with Crippen LogP contribution in [0.25, 0.3) is 0 Å². The summed E-state index contributed by atoms with van der Waals surface area (Å²) in [6.45, 7) is 0. The Balaban J connectivity index is 2.40. The zero-order valence-corrected chi connectivity index (χ0v) is 11.6. The zero-order valence-electron chi connectivity index (χ0n) is 10.1. The van der Waals surface area contributed by atoms with Gasteiger partial charge in [-0.2, -0.15) is 0 Å². The zero-order chi connectivity index (χ0) is 15.6. The Bertz CT molecular complexity index is 736. The van der Waals surface area contributed by atoms with Gasteiger partial charge in [0.1, 0.15) is 22.5 Å². The summed E-state index contributed by atoms with van der Waals surface area (Å²) < 4.78 is 5.29. The second-order valence-electron chi connectivity index (χ2n) is 3.79. The molecule has 0 amide bonds. The van der Waals surface area contributed by atoms with E-state index in [-0.39, 0.29) is 32.9 Å². The number of hydrogen-bond acceptors (Lipinski definition) is 5. The average Bonchev–Trinajstić information content (AvgIpc) is 2.40. The van der Waals surface area contributed by atoms with E-state index in [1.807, 2.05) is 0 Å². The van der Waals surface area contributed by atoms with Crippen molar-refractivity contribution in [3.8, 4) is 11.6 Å². The van der Waals surface area contributed by atoms with Gasteiger partial charge in [-0.3, -0.25) is 10.1 Å². The molecule has 21 heavy (non-hydrogen) atoms. The maximum Gasteiger partial charge on any atom is 0.339 e. The Morgan fingerprint density at radius 1 is 1.33 bits per heavy atom. The fourth-order valence-electron chi connectivity index (χ4n) is 1.45. The number of rotatable bonds is 4. The van der Waals surface area contributed by atoms with Gasteiger partial charge in [0, 0.05) is 17.2 Å². The third-order valence-electron chi connectivity index (χ3n) is 2.38. The molecular weight excluding hydrogens is 323 g/mol. The van der Waals surface area contributed by atoms with Crippen molar-refractivity contribution >= 4 is 34.9 Å². The maximum atomic E-state index is 11.1. The summed E-state index contributed by atoms with van der Waals surface area (Å²) in [5, 5.41) is 19.8. The van der Waals surface area contributed by atoms with E-state index < -0.39 is 10.9 Å². The lowest BCUT2D eigenvalue weighted by atomic mass is 10.2. The third-order valence-corrected chi connectivity index (χ3v) is 2.89. The van der Waals surface area contributed by atoms with Gasteiger partial charge in [0.05, 0.1) is 4.92 Å². The van der Waals surface area contributed by atoms with Crippen molar-refractivity contribution in [2.75, 3.05) is 0 Å². The average molecular weight is 329 g/mol. The van der Waals surface area contributed by atoms with Crippen molar-refractivity contribution in [1.82, 2.24) is 4.98 Å². The topological polar surface area (TPSA) is 103 Å². The van der Waals surface area contributed by atoms with Gasteiger partial charge in [0.25, 0.3) is 5.69 Å². The van der Waals surface area contributed by atoms with E-state index in [0.29, 0.717) is 0 Å². The number of benzene rings is 1. The van der Waals surface area contributed by atoms with Gasteiger partial charge in [-0.25, -0.2) is 9.78 Å². The first-order valence-electron chi connectivity index (χ1n) is 5.39. The number of nitrogens with zero attached hydrogens (tertiary/aromatic N) is 2. The van der Waals surface area contributed by atoms with Gasteiger partial charge in [-0.05, 0) is 12.1 Å². The predicted molar refractivity (Wildman–Crippen MR) is 74.4 cm³/mol. The number of nitro groups is 1. The van der Waals surface area contributed by atoms with E-state index in [1.54, 1.807) is 0 Å². The van der Waals surface area contributed by atoms with Crippen molar-refractivity contribution in [2.45, 2.75) is 0 Å². The lowest BCUT2D eigenvalue weighted by molar-refractivity contribution is -0.385. The highest BCUT2D eigenvalue weighted by atomic mass is 35.5. The number of halogens is 2. The number of aromatic nitrogens is 1. The number of carboxylic acids is 1. The molecule has 0 radical (unpaired) electrons. The van der Waals surface area contributed by atoms with Crippen molar-refractivity contribution in [2.24, 2.45) is 0 Å². The molecule has 1 N–H and O–H groups in total. The van der Waals surface area contributed by atoms with Crippen LogP contribution in [0.5, 0.6) is 11.6 Å². The van der Waals surface area contributed by atoms with Crippen LogP contribution in [0.15, 0.2) is 30.5 Å². The first-order chi connectivity index (χ1) is 9.88. The molecule has 1 aromatic heterocycles. The highest BCUT2D eigenvalue weighted by Crippen LogP contribution is 2.32. The predicted octanol–water partition coefficient (Wildman–Crippen LogP) is 3.79. The van der Waals surface area contributed by atoms with E-state index in [1.165, 1.54) is 18.2 Å². The molecule has 0 saturated heterocycles. The minimum absolute atomic E-state index is 0.0711. The van der Waals surface area contributed by atoms with E-state index in [0.717, 1.165) is 12.3 Å². The van der Waals surface area contributed by atoms with Crippen LogP contribution in [0.1, 0.15) is 10.4 Å². The largest absolute Gasteiger partial charge is 0.478 e. The first-order valence-corrected chi connectivity index (χ1v) is 6.14. The van der Waals surface area contributed by atoms with E-state index in [9.17, 15) is 14.9 Å². The fourth-order valence-corrected chi connectivity index (χ4v) is 1.81. The molecule has 1 aromatic carbocycles. The van der Waals surface area contributed by atoms with Crippen LogP contribution in [0.2, 0.25) is 10.0 Å². The van der Waals surface area contributed by atoms with Gasteiger partial charge in [0.2, 0.25) is 5.88 Å². The minimum atomic E-state index is -1.22. The monoisotopic (exact) mass is 328 g/mol. The molecule has 0 bridgehead atoms. The van der Waals surface area contributed by atoms with Gasteiger partial charge in [-0.15, -0.1) is 0 Å². The molecule has 7 nitrogen and oxygen atoms in total. The Morgan fingerprint density at radius 2 is 2.05 bits per heavy atom. The molecule has 0 spiro atoms. The molecule has 2 aromatic rings. The number of carboxylic acid groups (broad SMARTS) is 1. The molecule has 0 fully saturated rings. The summed E-state index contributed by atoms with van der Waals surface area (Å²) in [6, 6.07) is 4.99. The minimum Gasteiger partial charge on any atom is -0.478 e. The highest BCUT2D eigenvalue weighted by Gasteiger charge is 2.17. The summed E-state index contributed by atoms with van der Waals surface area (Å²) in [5.41, 5.74) is -0.451. The summed E-state index contributed by atoms with van der Waals surface area (Å²) >= 11 is 11.6. The van der Waals surface area contributed by atoms with Gasteiger partial charge in [0.15, 0.2) is 0 Å². The standard InChI is InChI=1S/C12H6Cl2N2O5/c13-6-1-2-8(12(17)18)10(3-6)21-11-9(14)4-7(5-15-11)16(19)20/h1-5H,(H,17,18). The molecule has 0 unspecified atom stereocenters. The normalized spacial score (nSPS) is 10.2. The van der Waals surface area contributed by atoms with Crippen LogP contribution in [0, 0.1) is 10.1 Å². The van der Waals surface area contributed by atoms with Crippen molar-refractivity contribution < 1.29 is 19.6 Å². The lowest BCUT2D eigenvalue weighted by Crippen LogP contribution is -2.01. The van der Waals surface area contributed by atoms with Crippen molar-refractivity contribution in [3.05, 3.63) is 56.2 Å². The van der Waals surface area contributed by atoms with Crippen LogP contribution >= 0.6 is 23.2 Å². The molecule has 2 rings (SSSR count). The van der Waals surface area contributed by atoms with E-state index in [4.69, 9.17) is 33.0 Å². The van der Waals surface area contributed by atoms with Crippen molar-refractivity contribution in [1.29, 1.82) is 0 Å². The summed E-state index contributed by atoms with van der Waals surface area (Å²) in [4.78, 5) is 24.7. The molecule has 0 aliphatic rings. The summed E-state index contributed by atoms with van der Waals surface area (Å²) in [7, 11) is 0. The Labute approximate surface area is 127 Å². The van der Waals surface area contributed by atoms with E-state index >= 15 is 0 Å². The molecular formula is C12H6Cl2N2O5. The lowest BCUT2D eigenvalue weighted by Gasteiger charge is -2.09. The number of carbonyl (C=O) groups is 1. The molecule has 108 valence electrons. The molecule has 0 aliphatic carbocycles. The summed E-state index contributed by atoms with van der Waals surface area (Å²) in [5.74, 6) is -1.45. The smallest absolute Gasteiger partial charge is 0.339 e. The first kappa shape index (κ1) is 15.0. The van der Waals surface area contributed by atoms with Crippen LogP contribution in [-0.2, 0) is 0 Å². The molecule has 0 saturated carbocycles. The second kappa shape index (κ2) is 5.94. The second-order valence-corrected chi connectivity index (χ2v) is 4.63. The van der Waals surface area contributed by atoms with Crippen LogP contribution in [0.4, 0.5) is 5.69 Å². The number of pyridine rings is 1. The Morgan fingerprint density at radius 3 is 2.62 bits per heavy atom. The van der Waals surface area contributed by atoms with E-state index in [2.05, 4.69) is 4.98 Å². The van der Waals surface area contributed by atoms with Gasteiger partial charge in [-0.1, -0.05) is 23.2 Å². The number of aromatic carboxylic acids is 1. The summed E-state index contributed by atoms with van der Waals surface area (Å²) in [6.07, 6.45) is 0.951. The third kappa shape index (κ3) is 3.39. The van der Waals surface area contributed by atoms with Crippen LogP contribution in [-0.4, -0.2) is 21.0 Å². The quantitative estimate of drug-likeness (QED) is 0.676. The fraction of sp³-hybridized carbons (Fsp3) is 0. The maximum absolute atomic E-state index is 11.1. The van der Waals surface area contributed by atoms with Gasteiger partial charge < -0.3 is 9.84 Å². The number of hydrogen-bond donors (Lipinski definition) is 1. The SMILES string of the molecule is O=C(O)c1ccc(Cl)cc1Oc1ncc([N+](=O)[O-])cc1Cl. The molecule has 0 aliphatic heterocycles. The highest BCUT2D eigenvalue weighted by molar-refractivity contribution is 6.32. The number of ether oxygens (including phenoxy) is 1. The Kier molecular flexibility index (Phi) is 4.25. The molecule has 0 atom stereocenters. The Hall–Kier alpha value is -2.38. The molecule has 9 heteroatoms. The van der Waals surface area contributed by atoms with Crippen molar-refractivity contribution in [3.63, 3.8) is 0 Å². The van der Waals surface area contributed by atoms with Crippen LogP contribution in [0.3, 0.4) is 0 Å².